The van der Waals surface area contributed by atoms with Gasteiger partial charge in [0.05, 0.1) is 12.2 Å². The van der Waals surface area contributed by atoms with Crippen LogP contribution in [0.25, 0.3) is 11.0 Å². The largest absolute Gasteiger partial charge is 0.493 e. The van der Waals surface area contributed by atoms with Crippen LogP contribution in [0.4, 0.5) is 0 Å². The molecule has 2 aromatic carbocycles. The molecular weight excluding hydrogens is 368 g/mol. The van der Waals surface area contributed by atoms with E-state index in [0.29, 0.717) is 19.6 Å². The van der Waals surface area contributed by atoms with Crippen LogP contribution in [0.2, 0.25) is 0 Å². The van der Waals surface area contributed by atoms with Crippen LogP contribution in [0.5, 0.6) is 11.5 Å². The van der Waals surface area contributed by atoms with Gasteiger partial charge in [0.2, 0.25) is 0 Å². The fourth-order valence-corrected chi connectivity index (χ4v) is 3.47. The molecule has 0 amide bonds. The van der Waals surface area contributed by atoms with Crippen molar-refractivity contribution in [2.45, 2.75) is 53.6 Å². The number of ether oxygens (including phenoxy) is 2. The Bertz CT molecular complexity index is 1020. The van der Waals surface area contributed by atoms with E-state index in [1.165, 1.54) is 0 Å². The summed E-state index contributed by atoms with van der Waals surface area (Å²) in [6.45, 7) is 8.92. The lowest BCUT2D eigenvalue weighted by Crippen LogP contribution is -2.04. The average molecular weight is 396 g/mol. The highest BCUT2D eigenvalue weighted by Crippen LogP contribution is 2.33. The van der Waals surface area contributed by atoms with Crippen molar-refractivity contribution in [1.82, 2.24) is 0 Å². The molecule has 0 saturated heterocycles. The fourth-order valence-electron chi connectivity index (χ4n) is 3.47. The number of fused-ring (bicyclic) bond motifs is 1. The summed E-state index contributed by atoms with van der Waals surface area (Å²) in [5.41, 5.74) is 4.83. The minimum Gasteiger partial charge on any atom is -0.493 e. The van der Waals surface area contributed by atoms with Crippen molar-refractivity contribution in [3.05, 3.63) is 58.3 Å². The zero-order valence-corrected chi connectivity index (χ0v) is 17.5. The molecule has 0 unspecified atom stereocenters. The van der Waals surface area contributed by atoms with E-state index in [1.807, 2.05) is 45.0 Å². The van der Waals surface area contributed by atoms with Crippen LogP contribution in [0.3, 0.4) is 0 Å². The van der Waals surface area contributed by atoms with Gasteiger partial charge in [-0.3, -0.25) is 4.79 Å². The smallest absolute Gasteiger partial charge is 0.303 e. The van der Waals surface area contributed by atoms with Crippen molar-refractivity contribution < 1.29 is 23.8 Å². The van der Waals surface area contributed by atoms with Crippen LogP contribution in [0.15, 0.2) is 34.7 Å². The lowest BCUT2D eigenvalue weighted by atomic mass is 9.99. The number of carbonyl (C=O) groups is 1. The first-order chi connectivity index (χ1) is 13.9. The minimum atomic E-state index is -0.788. The van der Waals surface area contributed by atoms with Gasteiger partial charge in [0.15, 0.2) is 0 Å². The van der Waals surface area contributed by atoms with Crippen molar-refractivity contribution >= 4 is 16.9 Å². The molecule has 0 bridgehead atoms. The summed E-state index contributed by atoms with van der Waals surface area (Å²) in [6.07, 6.45) is 1.47. The number of hydrogen-bond donors (Lipinski definition) is 1. The number of aliphatic carboxylic acids is 1. The van der Waals surface area contributed by atoms with Gasteiger partial charge in [-0.25, -0.2) is 0 Å². The Morgan fingerprint density at radius 3 is 2.48 bits per heavy atom. The summed E-state index contributed by atoms with van der Waals surface area (Å²) < 4.78 is 18.0. The third-order valence-corrected chi connectivity index (χ3v) is 5.28. The summed E-state index contributed by atoms with van der Waals surface area (Å²) in [4.78, 5) is 10.9. The molecule has 3 rings (SSSR count). The van der Waals surface area contributed by atoms with E-state index in [4.69, 9.17) is 19.0 Å². The molecule has 5 nitrogen and oxygen atoms in total. The zero-order valence-electron chi connectivity index (χ0n) is 17.5. The minimum absolute atomic E-state index is 0.123. The van der Waals surface area contributed by atoms with Crippen LogP contribution in [0.1, 0.15) is 48.3 Å². The Morgan fingerprint density at radius 1 is 1.03 bits per heavy atom. The lowest BCUT2D eigenvalue weighted by Gasteiger charge is -2.16. The van der Waals surface area contributed by atoms with Gasteiger partial charge in [-0.05, 0) is 68.1 Å². The highest BCUT2D eigenvalue weighted by atomic mass is 16.5. The van der Waals surface area contributed by atoms with Crippen molar-refractivity contribution in [2.75, 3.05) is 6.61 Å². The molecule has 0 atom stereocenters. The van der Waals surface area contributed by atoms with Crippen LogP contribution in [0, 0.1) is 13.8 Å². The number of furan rings is 1. The molecular formula is C24H28O5. The molecule has 3 aromatic rings. The molecule has 0 aliphatic carbocycles. The second-order valence-corrected chi connectivity index (χ2v) is 7.12. The number of aryl methyl sites for hydroxylation is 2. The van der Waals surface area contributed by atoms with E-state index < -0.39 is 5.97 Å². The highest BCUT2D eigenvalue weighted by Gasteiger charge is 2.16. The Hall–Kier alpha value is -2.95. The molecule has 29 heavy (non-hydrogen) atoms. The van der Waals surface area contributed by atoms with Crippen LogP contribution in [-0.2, 0) is 24.2 Å². The van der Waals surface area contributed by atoms with Gasteiger partial charge in [0.25, 0.3) is 0 Å². The normalized spacial score (nSPS) is 11.0. The average Bonchev–Trinajstić information content (AvgIpc) is 3.13. The van der Waals surface area contributed by atoms with E-state index >= 15 is 0 Å². The molecule has 0 fully saturated rings. The number of carboxylic acids is 1. The maximum atomic E-state index is 10.9. The van der Waals surface area contributed by atoms with Crippen molar-refractivity contribution in [2.24, 2.45) is 0 Å². The van der Waals surface area contributed by atoms with Crippen LogP contribution >= 0.6 is 0 Å². The first kappa shape index (κ1) is 20.8. The van der Waals surface area contributed by atoms with Gasteiger partial charge in [0.1, 0.15) is 29.4 Å². The van der Waals surface area contributed by atoms with E-state index in [-0.39, 0.29) is 6.42 Å². The van der Waals surface area contributed by atoms with E-state index in [9.17, 15) is 4.79 Å². The van der Waals surface area contributed by atoms with Crippen molar-refractivity contribution in [3.63, 3.8) is 0 Å². The number of rotatable bonds is 9. The first-order valence-electron chi connectivity index (χ1n) is 10.0. The SMILES string of the molecule is CCOc1ccc2cc(CC)oc2c1COc1ccc(CCC(=O)O)c(C)c1C. The van der Waals surface area contributed by atoms with Gasteiger partial charge < -0.3 is 19.0 Å². The Morgan fingerprint density at radius 2 is 1.79 bits per heavy atom. The number of benzene rings is 2. The first-order valence-corrected chi connectivity index (χ1v) is 10.0. The third-order valence-electron chi connectivity index (χ3n) is 5.28. The second-order valence-electron chi connectivity index (χ2n) is 7.12. The molecule has 1 N–H and O–H groups in total. The summed E-state index contributed by atoms with van der Waals surface area (Å²) in [6, 6.07) is 9.90. The van der Waals surface area contributed by atoms with Gasteiger partial charge in [0, 0.05) is 18.2 Å². The predicted molar refractivity (Wildman–Crippen MR) is 113 cm³/mol. The molecule has 0 aliphatic rings. The third kappa shape index (κ3) is 4.56. The fraction of sp³-hybridized carbons (Fsp3) is 0.375. The van der Waals surface area contributed by atoms with E-state index in [0.717, 1.165) is 56.9 Å². The van der Waals surface area contributed by atoms with Gasteiger partial charge in [-0.2, -0.15) is 0 Å². The Labute approximate surface area is 171 Å². The van der Waals surface area contributed by atoms with Gasteiger partial charge in [-0.15, -0.1) is 0 Å². The molecule has 1 heterocycles. The molecule has 5 heteroatoms. The predicted octanol–water partition coefficient (Wildman–Crippen LogP) is 5.61. The summed E-state index contributed by atoms with van der Waals surface area (Å²) in [7, 11) is 0. The Kier molecular flexibility index (Phi) is 6.47. The van der Waals surface area contributed by atoms with E-state index in [1.54, 1.807) is 0 Å². The standard InChI is InChI=1S/C24H28O5/c1-5-19-13-18-8-11-22(27-6-2)20(24(18)29-19)14-28-21-10-7-17(9-12-23(25)26)15(3)16(21)4/h7-8,10-11,13H,5-6,9,12,14H2,1-4H3,(H,25,26). The second kappa shape index (κ2) is 9.03. The quantitative estimate of drug-likeness (QED) is 0.509. The van der Waals surface area contributed by atoms with E-state index in [2.05, 4.69) is 13.0 Å². The topological polar surface area (TPSA) is 68.9 Å². The molecule has 0 saturated carbocycles. The Balaban J connectivity index is 1.88. The maximum absolute atomic E-state index is 10.9. The van der Waals surface area contributed by atoms with Crippen LogP contribution < -0.4 is 9.47 Å². The van der Waals surface area contributed by atoms with Gasteiger partial charge >= 0.3 is 5.97 Å². The summed E-state index contributed by atoms with van der Waals surface area (Å²) in [5, 5.41) is 9.97. The molecule has 154 valence electrons. The monoisotopic (exact) mass is 396 g/mol. The lowest BCUT2D eigenvalue weighted by molar-refractivity contribution is -0.136. The molecule has 0 spiro atoms. The van der Waals surface area contributed by atoms with Crippen molar-refractivity contribution in [3.8, 4) is 11.5 Å². The maximum Gasteiger partial charge on any atom is 0.303 e. The zero-order chi connectivity index (χ0) is 21.0. The van der Waals surface area contributed by atoms with Gasteiger partial charge in [-0.1, -0.05) is 13.0 Å². The summed E-state index contributed by atoms with van der Waals surface area (Å²) in [5.74, 6) is 1.70. The highest BCUT2D eigenvalue weighted by molar-refractivity contribution is 5.83. The van der Waals surface area contributed by atoms with Crippen molar-refractivity contribution in [1.29, 1.82) is 0 Å². The molecule has 1 aromatic heterocycles. The number of carboxylic acid groups (broad SMARTS) is 1. The van der Waals surface area contributed by atoms with Crippen LogP contribution in [-0.4, -0.2) is 17.7 Å². The molecule has 0 aliphatic heterocycles. The number of hydrogen-bond acceptors (Lipinski definition) is 4. The summed E-state index contributed by atoms with van der Waals surface area (Å²) >= 11 is 0. The molecule has 0 radical (unpaired) electrons.